The lowest BCUT2D eigenvalue weighted by Gasteiger charge is -2.24. The maximum Gasteiger partial charge on any atom is 0.0591 e. The zero-order valence-corrected chi connectivity index (χ0v) is 19.0. The molecule has 0 aromatic rings. The third-order valence-corrected chi connectivity index (χ3v) is 5.64. The molecular formula is C24H52N2. The van der Waals surface area contributed by atoms with Gasteiger partial charge >= 0.3 is 0 Å². The zero-order chi connectivity index (χ0) is 19.3. The van der Waals surface area contributed by atoms with E-state index in [1.54, 1.807) is 0 Å². The normalized spacial score (nSPS) is 12.8. The molecule has 2 heteroatoms. The SMILES string of the molecule is CCCCCCCCCCCCCCCCCCCC(NCC)N(C)C. The number of hydrogen-bond acceptors (Lipinski definition) is 2. The highest BCUT2D eigenvalue weighted by molar-refractivity contribution is 4.62. The van der Waals surface area contributed by atoms with Crippen LogP contribution in [0.15, 0.2) is 0 Å². The molecule has 1 N–H and O–H groups in total. The minimum absolute atomic E-state index is 0.566. The fraction of sp³-hybridized carbons (Fsp3) is 1.00. The Morgan fingerprint density at radius 1 is 0.538 bits per heavy atom. The van der Waals surface area contributed by atoms with E-state index < -0.39 is 0 Å². The molecule has 158 valence electrons. The maximum atomic E-state index is 3.56. The van der Waals surface area contributed by atoms with Crippen molar-refractivity contribution in [3.8, 4) is 0 Å². The van der Waals surface area contributed by atoms with Crippen molar-refractivity contribution in [3.05, 3.63) is 0 Å². The van der Waals surface area contributed by atoms with E-state index in [2.05, 4.69) is 38.2 Å². The van der Waals surface area contributed by atoms with Gasteiger partial charge in [0.15, 0.2) is 0 Å². The van der Waals surface area contributed by atoms with Gasteiger partial charge in [0, 0.05) is 0 Å². The number of rotatable bonds is 21. The van der Waals surface area contributed by atoms with Gasteiger partial charge in [-0.2, -0.15) is 0 Å². The lowest BCUT2D eigenvalue weighted by Crippen LogP contribution is -2.41. The standard InChI is InChI=1S/C24H52N2/c1-5-7-8-9-10-11-12-13-14-15-16-17-18-19-20-21-22-23-24(25-6-2)26(3)4/h24-25H,5-23H2,1-4H3. The smallest absolute Gasteiger partial charge is 0.0591 e. The first-order valence-corrected chi connectivity index (χ1v) is 12.1. The van der Waals surface area contributed by atoms with Gasteiger partial charge in [0.25, 0.3) is 0 Å². The summed E-state index contributed by atoms with van der Waals surface area (Å²) in [5, 5.41) is 3.56. The molecule has 2 nitrogen and oxygen atoms in total. The Kier molecular flexibility index (Phi) is 21.2. The van der Waals surface area contributed by atoms with Gasteiger partial charge in [0.1, 0.15) is 0 Å². The van der Waals surface area contributed by atoms with E-state index in [0.29, 0.717) is 6.17 Å². The monoisotopic (exact) mass is 368 g/mol. The topological polar surface area (TPSA) is 15.3 Å². The first-order valence-electron chi connectivity index (χ1n) is 12.1. The average Bonchev–Trinajstić information content (AvgIpc) is 2.63. The van der Waals surface area contributed by atoms with E-state index in [0.717, 1.165) is 6.54 Å². The van der Waals surface area contributed by atoms with Crippen LogP contribution in [-0.2, 0) is 0 Å². The molecule has 0 heterocycles. The van der Waals surface area contributed by atoms with E-state index in [1.807, 2.05) is 0 Å². The molecule has 0 saturated carbocycles. The summed E-state index contributed by atoms with van der Waals surface area (Å²) in [6, 6.07) is 0. The molecule has 0 aliphatic carbocycles. The number of unbranched alkanes of at least 4 members (excludes halogenated alkanes) is 16. The van der Waals surface area contributed by atoms with Crippen LogP contribution in [0.3, 0.4) is 0 Å². The largest absolute Gasteiger partial charge is 0.302 e. The Morgan fingerprint density at radius 2 is 0.885 bits per heavy atom. The molecular weight excluding hydrogens is 316 g/mol. The van der Waals surface area contributed by atoms with Crippen molar-refractivity contribution in [2.24, 2.45) is 0 Å². The van der Waals surface area contributed by atoms with Crippen molar-refractivity contribution in [3.63, 3.8) is 0 Å². The van der Waals surface area contributed by atoms with Crippen LogP contribution in [0, 0.1) is 0 Å². The Labute approximate surface area is 166 Å². The Morgan fingerprint density at radius 3 is 1.19 bits per heavy atom. The first kappa shape index (κ1) is 25.9. The van der Waals surface area contributed by atoms with Gasteiger partial charge in [-0.05, 0) is 27.1 Å². The molecule has 0 amide bonds. The molecule has 0 rings (SSSR count). The number of hydrogen-bond donors (Lipinski definition) is 1. The highest BCUT2D eigenvalue weighted by atomic mass is 15.2. The van der Waals surface area contributed by atoms with Crippen LogP contribution >= 0.6 is 0 Å². The number of nitrogens with one attached hydrogen (secondary N) is 1. The fourth-order valence-electron chi connectivity index (χ4n) is 3.84. The molecule has 0 aromatic carbocycles. The van der Waals surface area contributed by atoms with Gasteiger partial charge in [-0.15, -0.1) is 0 Å². The van der Waals surface area contributed by atoms with Gasteiger partial charge in [0.05, 0.1) is 6.17 Å². The molecule has 1 atom stereocenters. The molecule has 1 unspecified atom stereocenters. The second kappa shape index (κ2) is 21.2. The molecule has 0 fully saturated rings. The van der Waals surface area contributed by atoms with Gasteiger partial charge in [-0.3, -0.25) is 4.90 Å². The molecule has 0 bridgehead atoms. The third-order valence-electron chi connectivity index (χ3n) is 5.64. The van der Waals surface area contributed by atoms with Crippen molar-refractivity contribution in [1.82, 2.24) is 10.2 Å². The van der Waals surface area contributed by atoms with E-state index in [4.69, 9.17) is 0 Å². The van der Waals surface area contributed by atoms with Crippen molar-refractivity contribution < 1.29 is 0 Å². The van der Waals surface area contributed by atoms with Gasteiger partial charge < -0.3 is 5.32 Å². The minimum atomic E-state index is 0.566. The van der Waals surface area contributed by atoms with Crippen molar-refractivity contribution >= 4 is 0 Å². The summed E-state index contributed by atoms with van der Waals surface area (Å²) in [6.07, 6.45) is 26.5. The zero-order valence-electron chi connectivity index (χ0n) is 19.0. The summed E-state index contributed by atoms with van der Waals surface area (Å²) >= 11 is 0. The summed E-state index contributed by atoms with van der Waals surface area (Å²) < 4.78 is 0. The van der Waals surface area contributed by atoms with Crippen molar-refractivity contribution in [2.75, 3.05) is 20.6 Å². The van der Waals surface area contributed by atoms with Crippen molar-refractivity contribution in [1.29, 1.82) is 0 Å². The summed E-state index contributed by atoms with van der Waals surface area (Å²) in [6.45, 7) is 5.57. The molecule has 0 radical (unpaired) electrons. The van der Waals surface area contributed by atoms with Crippen LogP contribution in [0.25, 0.3) is 0 Å². The number of nitrogens with zero attached hydrogens (tertiary/aromatic N) is 1. The first-order chi connectivity index (χ1) is 12.7. The fourth-order valence-corrected chi connectivity index (χ4v) is 3.84. The Balaban J connectivity index is 3.15. The van der Waals surface area contributed by atoms with Crippen LogP contribution < -0.4 is 5.32 Å². The Bertz CT molecular complexity index is 253. The summed E-state index contributed by atoms with van der Waals surface area (Å²) in [7, 11) is 4.36. The summed E-state index contributed by atoms with van der Waals surface area (Å²) in [5.74, 6) is 0. The molecule has 0 aliphatic heterocycles. The van der Waals surface area contributed by atoms with Crippen LogP contribution in [0.1, 0.15) is 129 Å². The van der Waals surface area contributed by atoms with Gasteiger partial charge in [-0.25, -0.2) is 0 Å². The third kappa shape index (κ3) is 18.7. The summed E-state index contributed by atoms with van der Waals surface area (Å²) in [4.78, 5) is 2.32. The molecule has 0 saturated heterocycles. The Hall–Kier alpha value is -0.0800. The van der Waals surface area contributed by atoms with Crippen molar-refractivity contribution in [2.45, 2.75) is 136 Å². The van der Waals surface area contributed by atoms with Crippen LogP contribution in [0.5, 0.6) is 0 Å². The molecule has 0 aromatic heterocycles. The molecule has 0 aliphatic rings. The second-order valence-electron chi connectivity index (χ2n) is 8.48. The van der Waals surface area contributed by atoms with E-state index in [-0.39, 0.29) is 0 Å². The van der Waals surface area contributed by atoms with Gasteiger partial charge in [-0.1, -0.05) is 123 Å². The van der Waals surface area contributed by atoms with Crippen LogP contribution in [-0.4, -0.2) is 31.7 Å². The van der Waals surface area contributed by atoms with E-state index in [9.17, 15) is 0 Å². The predicted octanol–water partition coefficient (Wildman–Crippen LogP) is 7.53. The lowest BCUT2D eigenvalue weighted by atomic mass is 10.0. The average molecular weight is 369 g/mol. The molecule has 26 heavy (non-hydrogen) atoms. The second-order valence-corrected chi connectivity index (χ2v) is 8.48. The van der Waals surface area contributed by atoms with E-state index in [1.165, 1.54) is 116 Å². The highest BCUT2D eigenvalue weighted by Crippen LogP contribution is 2.14. The van der Waals surface area contributed by atoms with Gasteiger partial charge in [0.2, 0.25) is 0 Å². The lowest BCUT2D eigenvalue weighted by molar-refractivity contribution is 0.230. The minimum Gasteiger partial charge on any atom is -0.302 e. The van der Waals surface area contributed by atoms with Crippen LogP contribution in [0.4, 0.5) is 0 Å². The predicted molar refractivity (Wildman–Crippen MR) is 120 cm³/mol. The quantitative estimate of drug-likeness (QED) is 0.166. The van der Waals surface area contributed by atoms with Crippen LogP contribution in [0.2, 0.25) is 0 Å². The maximum absolute atomic E-state index is 3.56. The van der Waals surface area contributed by atoms with E-state index >= 15 is 0 Å². The highest BCUT2D eigenvalue weighted by Gasteiger charge is 2.08. The molecule has 0 spiro atoms. The summed E-state index contributed by atoms with van der Waals surface area (Å²) in [5.41, 5.74) is 0.